The van der Waals surface area contributed by atoms with E-state index in [0.29, 0.717) is 30.1 Å². The van der Waals surface area contributed by atoms with Crippen molar-refractivity contribution in [3.05, 3.63) is 16.1 Å². The third kappa shape index (κ3) is 3.02. The zero-order valence-electron chi connectivity index (χ0n) is 13.2. The summed E-state index contributed by atoms with van der Waals surface area (Å²) in [5.41, 5.74) is 0.948. The van der Waals surface area contributed by atoms with Crippen molar-refractivity contribution < 1.29 is 9.59 Å². The van der Waals surface area contributed by atoms with Gasteiger partial charge in [0.25, 0.3) is 5.91 Å². The van der Waals surface area contributed by atoms with E-state index in [1.165, 1.54) is 24.2 Å². The summed E-state index contributed by atoms with van der Waals surface area (Å²) in [7, 11) is 0. The largest absolute Gasteiger partial charge is 0.336 e. The summed E-state index contributed by atoms with van der Waals surface area (Å²) in [6.45, 7) is 5.61. The van der Waals surface area contributed by atoms with Crippen LogP contribution in [-0.2, 0) is 4.79 Å². The molecule has 1 aliphatic heterocycles. The zero-order valence-corrected chi connectivity index (χ0v) is 14.1. The van der Waals surface area contributed by atoms with Crippen molar-refractivity contribution >= 4 is 23.2 Å². The van der Waals surface area contributed by atoms with Gasteiger partial charge in [-0.2, -0.15) is 0 Å². The van der Waals surface area contributed by atoms with Crippen molar-refractivity contribution in [3.8, 4) is 0 Å². The van der Waals surface area contributed by atoms with Crippen LogP contribution < -0.4 is 0 Å². The van der Waals surface area contributed by atoms with Gasteiger partial charge >= 0.3 is 0 Å². The summed E-state index contributed by atoms with van der Waals surface area (Å²) in [4.78, 5) is 32.9. The Labute approximate surface area is 135 Å². The van der Waals surface area contributed by atoms with Crippen molar-refractivity contribution in [2.75, 3.05) is 19.6 Å². The number of hydrogen-bond acceptors (Lipinski definition) is 4. The molecule has 0 N–H and O–H groups in total. The average molecular weight is 321 g/mol. The molecule has 2 amide bonds. The molecule has 1 saturated carbocycles. The van der Waals surface area contributed by atoms with Gasteiger partial charge in [0.1, 0.15) is 6.54 Å². The van der Waals surface area contributed by atoms with Gasteiger partial charge in [-0.05, 0) is 18.8 Å². The summed E-state index contributed by atoms with van der Waals surface area (Å²) in [5.74, 6) is 0.308. The van der Waals surface area contributed by atoms with E-state index in [9.17, 15) is 9.59 Å². The summed E-state index contributed by atoms with van der Waals surface area (Å²) < 4.78 is 0. The number of carbonyl (C=O) groups is 2. The Kier molecular flexibility index (Phi) is 4.47. The quantitative estimate of drug-likeness (QED) is 0.859. The van der Waals surface area contributed by atoms with Crippen LogP contribution in [0.3, 0.4) is 0 Å². The molecule has 0 bridgehead atoms. The summed E-state index contributed by atoms with van der Waals surface area (Å²) in [6, 6.07) is 0.400. The van der Waals surface area contributed by atoms with Gasteiger partial charge in [-0.3, -0.25) is 9.59 Å². The fourth-order valence-corrected chi connectivity index (χ4v) is 4.19. The molecule has 1 saturated heterocycles. The molecular weight excluding hydrogens is 298 g/mol. The van der Waals surface area contributed by atoms with Gasteiger partial charge < -0.3 is 9.80 Å². The summed E-state index contributed by atoms with van der Waals surface area (Å²) in [6.07, 6.45) is 4.66. The van der Waals surface area contributed by atoms with E-state index in [4.69, 9.17) is 0 Å². The Hall–Kier alpha value is -1.43. The van der Waals surface area contributed by atoms with Crippen LogP contribution in [0, 0.1) is 0 Å². The first-order valence-corrected chi connectivity index (χ1v) is 8.98. The first kappa shape index (κ1) is 15.5. The van der Waals surface area contributed by atoms with Crippen molar-refractivity contribution in [1.29, 1.82) is 0 Å². The lowest BCUT2D eigenvalue weighted by molar-refractivity contribution is -0.137. The highest BCUT2D eigenvalue weighted by Crippen LogP contribution is 2.25. The van der Waals surface area contributed by atoms with Crippen molar-refractivity contribution in [3.63, 3.8) is 0 Å². The first-order chi connectivity index (χ1) is 10.6. The maximum atomic E-state index is 12.5. The predicted molar refractivity (Wildman–Crippen MR) is 86.1 cm³/mol. The van der Waals surface area contributed by atoms with Crippen LogP contribution in [0.4, 0.5) is 0 Å². The van der Waals surface area contributed by atoms with Crippen LogP contribution in [-0.4, -0.2) is 52.3 Å². The minimum Gasteiger partial charge on any atom is -0.336 e. The van der Waals surface area contributed by atoms with Crippen molar-refractivity contribution in [1.82, 2.24) is 14.8 Å². The molecule has 5 nitrogen and oxygen atoms in total. The number of aromatic nitrogens is 1. The Morgan fingerprint density at radius 1 is 1.32 bits per heavy atom. The second-order valence-corrected chi connectivity index (χ2v) is 7.34. The number of rotatable bonds is 3. The van der Waals surface area contributed by atoms with Crippen molar-refractivity contribution in [2.24, 2.45) is 0 Å². The van der Waals surface area contributed by atoms with E-state index in [2.05, 4.69) is 18.8 Å². The molecule has 1 aromatic heterocycles. The molecule has 2 aliphatic rings. The second-order valence-electron chi connectivity index (χ2n) is 6.48. The van der Waals surface area contributed by atoms with Gasteiger partial charge in [0, 0.05) is 24.5 Å². The number of amides is 2. The minimum absolute atomic E-state index is 0.0899. The topological polar surface area (TPSA) is 53.5 Å². The van der Waals surface area contributed by atoms with Gasteiger partial charge in [-0.25, -0.2) is 4.98 Å². The molecule has 6 heteroatoms. The van der Waals surface area contributed by atoms with E-state index < -0.39 is 0 Å². The van der Waals surface area contributed by atoms with Crippen LogP contribution in [0.25, 0.3) is 0 Å². The van der Waals surface area contributed by atoms with Crippen LogP contribution in [0.2, 0.25) is 0 Å². The molecule has 0 spiro atoms. The number of carbonyl (C=O) groups excluding carboxylic acids is 2. The number of hydrogen-bond donors (Lipinski definition) is 0. The molecule has 0 radical (unpaired) electrons. The average Bonchev–Trinajstić information content (AvgIpc) is 3.17. The summed E-state index contributed by atoms with van der Waals surface area (Å²) >= 11 is 1.38. The highest BCUT2D eigenvalue weighted by molar-refractivity contribution is 7.11. The lowest BCUT2D eigenvalue weighted by Gasteiger charge is -2.37. The first-order valence-electron chi connectivity index (χ1n) is 8.10. The van der Waals surface area contributed by atoms with E-state index in [0.717, 1.165) is 18.5 Å². The van der Waals surface area contributed by atoms with Gasteiger partial charge in [0.05, 0.1) is 5.69 Å². The lowest BCUT2D eigenvalue weighted by Crippen LogP contribution is -2.54. The van der Waals surface area contributed by atoms with E-state index in [-0.39, 0.29) is 18.4 Å². The minimum atomic E-state index is -0.101. The highest BCUT2D eigenvalue weighted by Gasteiger charge is 2.33. The maximum absolute atomic E-state index is 12.5. The van der Waals surface area contributed by atoms with E-state index >= 15 is 0 Å². The molecule has 0 atom stereocenters. The number of nitrogens with zero attached hydrogens (tertiary/aromatic N) is 3. The summed E-state index contributed by atoms with van der Waals surface area (Å²) in [5, 5.41) is 2.44. The monoisotopic (exact) mass is 321 g/mol. The normalized spacial score (nSPS) is 20.2. The van der Waals surface area contributed by atoms with Crippen LogP contribution in [0.1, 0.15) is 60.9 Å². The van der Waals surface area contributed by atoms with Gasteiger partial charge in [-0.15, -0.1) is 11.3 Å². The standard InChI is InChI=1S/C16H23N3O2S/c1-11(2)13-10-22-15(17-13)16(21)18-7-8-19(14(20)9-18)12-5-3-4-6-12/h10-12H,3-9H2,1-2H3. The molecule has 0 unspecified atom stereocenters. The number of thiazole rings is 1. The van der Waals surface area contributed by atoms with Crippen LogP contribution in [0.5, 0.6) is 0 Å². The fraction of sp³-hybridized carbons (Fsp3) is 0.688. The second kappa shape index (κ2) is 6.36. The third-order valence-corrected chi connectivity index (χ3v) is 5.45. The number of piperazine rings is 1. The Balaban J connectivity index is 1.64. The third-order valence-electron chi connectivity index (χ3n) is 4.61. The molecule has 0 aromatic carbocycles. The Bertz CT molecular complexity index is 563. The van der Waals surface area contributed by atoms with E-state index in [1.807, 2.05) is 10.3 Å². The Morgan fingerprint density at radius 2 is 2.05 bits per heavy atom. The van der Waals surface area contributed by atoms with Gasteiger partial charge in [0.2, 0.25) is 5.91 Å². The van der Waals surface area contributed by atoms with Gasteiger partial charge in [0.15, 0.2) is 5.01 Å². The molecule has 1 aliphatic carbocycles. The molecule has 120 valence electrons. The lowest BCUT2D eigenvalue weighted by atomic mass is 10.1. The maximum Gasteiger partial charge on any atom is 0.283 e. The van der Waals surface area contributed by atoms with Crippen LogP contribution in [0.15, 0.2) is 5.38 Å². The fourth-order valence-electron chi connectivity index (χ4n) is 3.25. The van der Waals surface area contributed by atoms with Crippen LogP contribution >= 0.6 is 11.3 Å². The zero-order chi connectivity index (χ0) is 15.7. The Morgan fingerprint density at radius 3 is 2.64 bits per heavy atom. The molecule has 3 rings (SSSR count). The highest BCUT2D eigenvalue weighted by atomic mass is 32.1. The molecule has 22 heavy (non-hydrogen) atoms. The SMILES string of the molecule is CC(C)c1csc(C(=O)N2CCN(C3CCCC3)C(=O)C2)n1. The van der Waals surface area contributed by atoms with Gasteiger partial charge in [-0.1, -0.05) is 26.7 Å². The predicted octanol–water partition coefficient (Wildman–Crippen LogP) is 2.49. The smallest absolute Gasteiger partial charge is 0.283 e. The van der Waals surface area contributed by atoms with Crippen molar-refractivity contribution in [2.45, 2.75) is 51.5 Å². The van der Waals surface area contributed by atoms with E-state index in [1.54, 1.807) is 4.90 Å². The molecule has 2 fully saturated rings. The molecular formula is C16H23N3O2S. The molecule has 1 aromatic rings. The molecule has 2 heterocycles.